The first-order chi connectivity index (χ1) is 7.82. The highest BCUT2D eigenvalue weighted by atomic mass is 19.3. The maximum Gasteiger partial charge on any atom is 0.255 e. The molecule has 0 bridgehead atoms. The molecule has 1 rings (SSSR count). The zero-order chi connectivity index (χ0) is 13.2. The van der Waals surface area contributed by atoms with Crippen LogP contribution in [-0.4, -0.2) is 30.8 Å². The van der Waals surface area contributed by atoms with E-state index in [1.165, 1.54) is 20.0 Å². The van der Waals surface area contributed by atoms with Crippen molar-refractivity contribution in [3.8, 4) is 0 Å². The van der Waals surface area contributed by atoms with E-state index in [-0.39, 0.29) is 16.8 Å². The smallest absolute Gasteiger partial charge is 0.255 e. The number of anilines is 1. The summed E-state index contributed by atoms with van der Waals surface area (Å²) in [6.07, 6.45) is -2.63. The van der Waals surface area contributed by atoms with Gasteiger partial charge in [-0.3, -0.25) is 4.79 Å². The molecule has 17 heavy (non-hydrogen) atoms. The third kappa shape index (κ3) is 3.12. The van der Waals surface area contributed by atoms with Gasteiger partial charge in [-0.2, -0.15) is 0 Å². The number of nitrogens with two attached hydrogens (primary N) is 1. The number of halogens is 3. The number of nitrogens with zero attached hydrogens (tertiary/aromatic N) is 1. The predicted octanol–water partition coefficient (Wildman–Crippen LogP) is 2.05. The first kappa shape index (κ1) is 13.3. The van der Waals surface area contributed by atoms with Crippen LogP contribution >= 0.6 is 0 Å². The quantitative estimate of drug-likeness (QED) is 0.830. The lowest BCUT2D eigenvalue weighted by atomic mass is 10.1. The normalized spacial score (nSPS) is 10.7. The number of hydrogen-bond acceptors (Lipinski definition) is 2. The number of benzene rings is 1. The third-order valence-corrected chi connectivity index (χ3v) is 2.39. The van der Waals surface area contributed by atoms with Crippen molar-refractivity contribution in [3.63, 3.8) is 0 Å². The molecule has 2 N–H and O–H groups in total. The largest absolute Gasteiger partial charge is 0.398 e. The highest BCUT2D eigenvalue weighted by Gasteiger charge is 2.17. The van der Waals surface area contributed by atoms with Crippen LogP contribution in [0.1, 0.15) is 15.9 Å². The molecule has 0 aliphatic carbocycles. The summed E-state index contributed by atoms with van der Waals surface area (Å²) in [7, 11) is 1.22. The Morgan fingerprint density at radius 3 is 2.53 bits per heavy atom. The van der Waals surface area contributed by atoms with E-state index in [9.17, 15) is 18.0 Å². The van der Waals surface area contributed by atoms with Gasteiger partial charge in [-0.05, 0) is 19.1 Å². The van der Waals surface area contributed by atoms with E-state index in [1.54, 1.807) is 0 Å². The molecule has 0 unspecified atom stereocenters. The highest BCUT2D eigenvalue weighted by molar-refractivity contribution is 5.95. The molecule has 0 aliphatic rings. The van der Waals surface area contributed by atoms with Gasteiger partial charge in [0.05, 0.1) is 6.54 Å². The van der Waals surface area contributed by atoms with Crippen LogP contribution in [0.2, 0.25) is 0 Å². The summed E-state index contributed by atoms with van der Waals surface area (Å²) in [6, 6.07) is 2.28. The van der Waals surface area contributed by atoms with Gasteiger partial charge in [0.25, 0.3) is 12.3 Å². The minimum Gasteiger partial charge on any atom is -0.398 e. The summed E-state index contributed by atoms with van der Waals surface area (Å²) in [5, 5.41) is 0. The molecule has 0 aromatic heterocycles. The Kier molecular flexibility index (Phi) is 3.98. The maximum atomic E-state index is 13.3. The molecule has 1 amide bonds. The first-order valence-corrected chi connectivity index (χ1v) is 4.92. The first-order valence-electron chi connectivity index (χ1n) is 4.92. The summed E-state index contributed by atoms with van der Waals surface area (Å²) in [5.74, 6) is -1.31. The van der Waals surface area contributed by atoms with E-state index in [2.05, 4.69) is 0 Å². The van der Waals surface area contributed by atoms with E-state index in [4.69, 9.17) is 5.73 Å². The molecule has 0 atom stereocenters. The van der Waals surface area contributed by atoms with Crippen molar-refractivity contribution in [2.75, 3.05) is 19.3 Å². The fourth-order valence-corrected chi connectivity index (χ4v) is 1.33. The van der Waals surface area contributed by atoms with Gasteiger partial charge in [0.15, 0.2) is 0 Å². The van der Waals surface area contributed by atoms with Gasteiger partial charge in [-0.25, -0.2) is 13.2 Å². The molecule has 0 saturated carbocycles. The Morgan fingerprint density at radius 1 is 1.47 bits per heavy atom. The van der Waals surface area contributed by atoms with Crippen LogP contribution in [0.5, 0.6) is 0 Å². The number of carbonyl (C=O) groups is 1. The van der Waals surface area contributed by atoms with E-state index in [0.717, 1.165) is 11.0 Å². The van der Waals surface area contributed by atoms with E-state index in [1.807, 2.05) is 0 Å². The summed E-state index contributed by atoms with van der Waals surface area (Å²) >= 11 is 0. The summed E-state index contributed by atoms with van der Waals surface area (Å²) < 4.78 is 37.5. The topological polar surface area (TPSA) is 46.3 Å². The fraction of sp³-hybridized carbons (Fsp3) is 0.364. The van der Waals surface area contributed by atoms with Crippen molar-refractivity contribution in [3.05, 3.63) is 29.1 Å². The van der Waals surface area contributed by atoms with Gasteiger partial charge in [-0.15, -0.1) is 0 Å². The van der Waals surface area contributed by atoms with Crippen LogP contribution < -0.4 is 5.73 Å². The minimum atomic E-state index is -2.63. The number of amides is 1. The molecule has 0 spiro atoms. The van der Waals surface area contributed by atoms with Gasteiger partial charge >= 0.3 is 0 Å². The summed E-state index contributed by atoms with van der Waals surface area (Å²) in [5.41, 5.74) is 5.83. The molecule has 1 aromatic rings. The third-order valence-electron chi connectivity index (χ3n) is 2.39. The molecule has 0 saturated heterocycles. The fourth-order valence-electron chi connectivity index (χ4n) is 1.33. The Hall–Kier alpha value is -1.72. The van der Waals surface area contributed by atoms with Crippen molar-refractivity contribution in [1.82, 2.24) is 4.90 Å². The highest BCUT2D eigenvalue weighted by Crippen LogP contribution is 2.18. The van der Waals surface area contributed by atoms with Crippen LogP contribution in [0.25, 0.3) is 0 Å². The van der Waals surface area contributed by atoms with Crippen LogP contribution in [0.15, 0.2) is 12.1 Å². The van der Waals surface area contributed by atoms with Crippen molar-refractivity contribution < 1.29 is 18.0 Å². The second-order valence-electron chi connectivity index (χ2n) is 3.75. The Balaban J connectivity index is 2.97. The van der Waals surface area contributed by atoms with Crippen LogP contribution in [-0.2, 0) is 0 Å². The Morgan fingerprint density at radius 2 is 2.06 bits per heavy atom. The van der Waals surface area contributed by atoms with Crippen molar-refractivity contribution in [2.45, 2.75) is 13.3 Å². The molecule has 1 aromatic carbocycles. The van der Waals surface area contributed by atoms with Gasteiger partial charge in [0.1, 0.15) is 5.82 Å². The molecule has 0 radical (unpaired) electrons. The average molecular weight is 246 g/mol. The van der Waals surface area contributed by atoms with Crippen molar-refractivity contribution in [1.29, 1.82) is 0 Å². The lowest BCUT2D eigenvalue weighted by Crippen LogP contribution is -2.31. The molecular formula is C11H13F3N2O. The van der Waals surface area contributed by atoms with Crippen LogP contribution in [0.4, 0.5) is 18.9 Å². The summed E-state index contributed by atoms with van der Waals surface area (Å²) in [6.45, 7) is 0.774. The van der Waals surface area contributed by atoms with E-state index < -0.39 is 24.7 Å². The van der Waals surface area contributed by atoms with Gasteiger partial charge < -0.3 is 10.6 Å². The zero-order valence-corrected chi connectivity index (χ0v) is 9.51. The minimum absolute atomic E-state index is 0.0336. The molecular weight excluding hydrogens is 233 g/mol. The van der Waals surface area contributed by atoms with Gasteiger partial charge in [0, 0.05) is 23.9 Å². The number of rotatable bonds is 3. The number of nitrogen functional groups attached to an aromatic ring is 1. The summed E-state index contributed by atoms with van der Waals surface area (Å²) in [4.78, 5) is 12.5. The lowest BCUT2D eigenvalue weighted by Gasteiger charge is -2.17. The van der Waals surface area contributed by atoms with Crippen LogP contribution in [0.3, 0.4) is 0 Å². The second-order valence-corrected chi connectivity index (χ2v) is 3.75. The Bertz CT molecular complexity index is 412. The maximum absolute atomic E-state index is 13.3. The van der Waals surface area contributed by atoms with E-state index >= 15 is 0 Å². The van der Waals surface area contributed by atoms with Crippen molar-refractivity contribution in [2.24, 2.45) is 0 Å². The average Bonchev–Trinajstić information content (AvgIpc) is 2.23. The molecule has 94 valence electrons. The lowest BCUT2D eigenvalue weighted by molar-refractivity contribution is 0.0620. The van der Waals surface area contributed by atoms with E-state index in [0.29, 0.717) is 0 Å². The predicted molar refractivity (Wildman–Crippen MR) is 58.5 cm³/mol. The van der Waals surface area contributed by atoms with Crippen molar-refractivity contribution >= 4 is 11.6 Å². The second kappa shape index (κ2) is 5.07. The molecule has 0 aliphatic heterocycles. The van der Waals surface area contributed by atoms with Gasteiger partial charge in [-0.1, -0.05) is 0 Å². The zero-order valence-electron chi connectivity index (χ0n) is 9.51. The number of carbonyl (C=O) groups excluding carboxylic acids is 1. The molecule has 6 heteroatoms. The molecule has 0 fully saturated rings. The molecule has 0 heterocycles. The monoisotopic (exact) mass is 246 g/mol. The molecule has 3 nitrogen and oxygen atoms in total. The SMILES string of the molecule is Cc1c(N)cc(C(=O)N(C)CC(F)F)cc1F. The standard InChI is InChI=1S/C11H13F3N2O/c1-6-8(12)3-7(4-9(6)15)11(17)16(2)5-10(13)14/h3-4,10H,5,15H2,1-2H3. The number of alkyl halides is 2. The van der Waals surface area contributed by atoms with Crippen LogP contribution in [0, 0.1) is 12.7 Å². The Labute approximate surface area is 97.0 Å². The van der Waals surface area contributed by atoms with Gasteiger partial charge in [0.2, 0.25) is 0 Å². The number of hydrogen-bond donors (Lipinski definition) is 1.